The maximum atomic E-state index is 12.7. The maximum absolute atomic E-state index is 12.7. The van der Waals surface area contributed by atoms with Gasteiger partial charge in [0, 0.05) is 41.9 Å². The minimum Gasteiger partial charge on any atom is -0.379 e. The molecule has 3 aromatic rings. The zero-order chi connectivity index (χ0) is 23.8. The molecule has 9 heteroatoms. The number of fused-ring (bicyclic) bond motifs is 1. The van der Waals surface area contributed by atoms with Crippen molar-refractivity contribution in [1.29, 1.82) is 0 Å². The van der Waals surface area contributed by atoms with Crippen molar-refractivity contribution < 1.29 is 14.3 Å². The number of benzene rings is 2. The van der Waals surface area contributed by atoms with Crippen LogP contribution in [0.1, 0.15) is 35.2 Å². The average molecular weight is 482 g/mol. The molecule has 1 aromatic heterocycles. The molecule has 1 atom stereocenters. The number of nitrogens with one attached hydrogen (secondary N) is 1. The number of carbonyl (C=O) groups excluding carboxylic acids is 2. The van der Waals surface area contributed by atoms with Crippen LogP contribution in [0.25, 0.3) is 16.7 Å². The summed E-state index contributed by atoms with van der Waals surface area (Å²) in [6, 6.07) is 11.2. The number of hydrogen-bond acceptors (Lipinski definition) is 5. The van der Waals surface area contributed by atoms with Gasteiger partial charge in [-0.3, -0.25) is 14.2 Å². The Morgan fingerprint density at radius 3 is 2.53 bits per heavy atom. The first-order valence-corrected chi connectivity index (χ1v) is 12.0. The number of aryl methyl sites for hydroxylation is 1. The Balaban J connectivity index is 1.43. The zero-order valence-electron chi connectivity index (χ0n) is 19.1. The van der Waals surface area contributed by atoms with E-state index in [1.807, 2.05) is 31.2 Å². The minimum absolute atomic E-state index is 0.0128. The van der Waals surface area contributed by atoms with Crippen molar-refractivity contribution in [3.05, 3.63) is 52.5 Å². The maximum Gasteiger partial charge on any atom is 0.248 e. The highest BCUT2D eigenvalue weighted by molar-refractivity contribution is 6.32. The van der Waals surface area contributed by atoms with Crippen molar-refractivity contribution in [2.75, 3.05) is 31.2 Å². The highest BCUT2D eigenvalue weighted by Gasteiger charge is 2.30. The molecule has 5 rings (SSSR count). The highest BCUT2D eigenvalue weighted by Crippen LogP contribution is 2.33. The van der Waals surface area contributed by atoms with Gasteiger partial charge in [-0.15, -0.1) is 0 Å². The predicted octanol–water partition coefficient (Wildman–Crippen LogP) is 3.21. The molecule has 3 N–H and O–H groups in total. The van der Waals surface area contributed by atoms with Gasteiger partial charge in [-0.2, -0.15) is 0 Å². The quantitative estimate of drug-likeness (QED) is 0.582. The Kier molecular flexibility index (Phi) is 6.18. The monoisotopic (exact) mass is 481 g/mol. The van der Waals surface area contributed by atoms with Crippen LogP contribution in [0.15, 0.2) is 36.4 Å². The fourth-order valence-electron chi connectivity index (χ4n) is 4.74. The van der Waals surface area contributed by atoms with Gasteiger partial charge >= 0.3 is 0 Å². The van der Waals surface area contributed by atoms with Crippen LogP contribution in [0.4, 0.5) is 5.95 Å². The van der Waals surface area contributed by atoms with Crippen molar-refractivity contribution >= 4 is 40.4 Å². The summed E-state index contributed by atoms with van der Waals surface area (Å²) in [5, 5.41) is 3.80. The van der Waals surface area contributed by atoms with E-state index in [0.29, 0.717) is 36.9 Å². The van der Waals surface area contributed by atoms with Crippen LogP contribution in [0.3, 0.4) is 0 Å². The summed E-state index contributed by atoms with van der Waals surface area (Å²) in [4.78, 5) is 31.4. The molecule has 2 aromatic carbocycles. The number of piperidine rings is 1. The second-order valence-electron chi connectivity index (χ2n) is 9.08. The SMILES string of the molecule is Cc1cc2c(cc1Cl)nc(N1CCC(C(=O)N[C@@H]3CCOC3)CC1)n2-c1ccc(C(N)=O)cc1. The number of imidazole rings is 1. The van der Waals surface area contributed by atoms with Crippen molar-refractivity contribution in [3.63, 3.8) is 0 Å². The Morgan fingerprint density at radius 2 is 1.88 bits per heavy atom. The van der Waals surface area contributed by atoms with Crippen LogP contribution >= 0.6 is 11.6 Å². The van der Waals surface area contributed by atoms with Gasteiger partial charge in [0.05, 0.1) is 23.7 Å². The smallest absolute Gasteiger partial charge is 0.248 e. The minimum atomic E-state index is -0.464. The average Bonchev–Trinajstić information content (AvgIpc) is 3.47. The molecule has 0 bridgehead atoms. The van der Waals surface area contributed by atoms with Gasteiger partial charge in [0.1, 0.15) is 0 Å². The van der Waals surface area contributed by atoms with Crippen LogP contribution in [-0.2, 0) is 9.53 Å². The molecule has 3 heterocycles. The summed E-state index contributed by atoms with van der Waals surface area (Å²) in [5.74, 6) is 0.440. The molecule has 0 aliphatic carbocycles. The number of nitrogens with zero attached hydrogens (tertiary/aromatic N) is 3. The Morgan fingerprint density at radius 1 is 1.15 bits per heavy atom. The van der Waals surface area contributed by atoms with Gasteiger partial charge in [-0.1, -0.05) is 11.6 Å². The summed E-state index contributed by atoms with van der Waals surface area (Å²) >= 11 is 6.39. The van der Waals surface area contributed by atoms with E-state index in [0.717, 1.165) is 47.5 Å². The molecule has 2 amide bonds. The number of ether oxygens (including phenoxy) is 1. The van der Waals surface area contributed by atoms with E-state index >= 15 is 0 Å². The molecule has 0 unspecified atom stereocenters. The third-order valence-corrected chi connectivity index (χ3v) is 7.16. The molecule has 2 aliphatic rings. The van der Waals surface area contributed by atoms with Crippen molar-refractivity contribution in [2.24, 2.45) is 11.7 Å². The van der Waals surface area contributed by atoms with E-state index in [1.54, 1.807) is 12.1 Å². The Hall–Kier alpha value is -3.10. The number of hydrogen-bond donors (Lipinski definition) is 2. The molecular formula is C25H28ClN5O3. The normalized spacial score (nSPS) is 19.0. The number of primary amides is 1. The summed E-state index contributed by atoms with van der Waals surface area (Å²) < 4.78 is 7.46. The molecular weight excluding hydrogens is 454 g/mol. The number of nitrogens with two attached hydrogens (primary N) is 1. The lowest BCUT2D eigenvalue weighted by Crippen LogP contribution is -2.44. The molecule has 0 spiro atoms. The van der Waals surface area contributed by atoms with Crippen LogP contribution in [0.5, 0.6) is 0 Å². The second kappa shape index (κ2) is 9.27. The van der Waals surface area contributed by atoms with E-state index in [4.69, 9.17) is 27.1 Å². The molecule has 0 radical (unpaired) electrons. The lowest BCUT2D eigenvalue weighted by molar-refractivity contribution is -0.126. The lowest BCUT2D eigenvalue weighted by atomic mass is 9.95. The zero-order valence-corrected chi connectivity index (χ0v) is 19.8. The van der Waals surface area contributed by atoms with Crippen molar-refractivity contribution in [2.45, 2.75) is 32.2 Å². The molecule has 34 heavy (non-hydrogen) atoms. The first-order chi connectivity index (χ1) is 16.4. The topological polar surface area (TPSA) is 102 Å². The van der Waals surface area contributed by atoms with Crippen LogP contribution in [-0.4, -0.2) is 53.7 Å². The van der Waals surface area contributed by atoms with E-state index in [1.165, 1.54) is 0 Å². The Labute approximate surface area is 203 Å². The number of rotatable bonds is 5. The number of halogens is 1. The number of carbonyl (C=O) groups is 2. The van der Waals surface area contributed by atoms with Gasteiger partial charge in [-0.25, -0.2) is 4.98 Å². The summed E-state index contributed by atoms with van der Waals surface area (Å²) in [6.45, 7) is 4.71. The number of aromatic nitrogens is 2. The van der Waals surface area contributed by atoms with Gasteiger partial charge < -0.3 is 20.7 Å². The molecule has 178 valence electrons. The fourth-order valence-corrected chi connectivity index (χ4v) is 4.90. The van der Waals surface area contributed by atoms with E-state index in [-0.39, 0.29) is 17.9 Å². The van der Waals surface area contributed by atoms with Gasteiger partial charge in [-0.05, 0) is 68.1 Å². The molecule has 2 aliphatic heterocycles. The first-order valence-electron chi connectivity index (χ1n) is 11.6. The summed E-state index contributed by atoms with van der Waals surface area (Å²) in [6.07, 6.45) is 2.39. The van der Waals surface area contributed by atoms with E-state index in [2.05, 4.69) is 14.8 Å². The summed E-state index contributed by atoms with van der Waals surface area (Å²) in [7, 11) is 0. The van der Waals surface area contributed by atoms with Crippen LogP contribution < -0.4 is 16.0 Å². The van der Waals surface area contributed by atoms with Crippen molar-refractivity contribution in [1.82, 2.24) is 14.9 Å². The standard InChI is InChI=1S/C25H28ClN5O3/c1-15-12-22-21(13-20(15)26)29-25(31(22)19-4-2-16(3-5-19)23(27)32)30-9-6-17(7-10-30)24(33)28-18-8-11-34-14-18/h2-5,12-13,17-18H,6-11,14H2,1H3,(H2,27,32)(H,28,33)/t18-/m1/s1. The van der Waals surface area contributed by atoms with E-state index < -0.39 is 5.91 Å². The molecule has 8 nitrogen and oxygen atoms in total. The highest BCUT2D eigenvalue weighted by atomic mass is 35.5. The fraction of sp³-hybridized carbons (Fsp3) is 0.400. The molecule has 2 saturated heterocycles. The predicted molar refractivity (Wildman–Crippen MR) is 132 cm³/mol. The van der Waals surface area contributed by atoms with Gasteiger partial charge in [0.25, 0.3) is 0 Å². The van der Waals surface area contributed by atoms with E-state index in [9.17, 15) is 9.59 Å². The second-order valence-corrected chi connectivity index (χ2v) is 9.49. The number of anilines is 1. The Bertz CT molecular complexity index is 1230. The molecule has 2 fully saturated rings. The van der Waals surface area contributed by atoms with Crippen LogP contribution in [0.2, 0.25) is 5.02 Å². The molecule has 0 saturated carbocycles. The van der Waals surface area contributed by atoms with Crippen molar-refractivity contribution in [3.8, 4) is 5.69 Å². The number of amides is 2. The first kappa shape index (κ1) is 22.7. The van der Waals surface area contributed by atoms with Crippen LogP contribution in [0, 0.1) is 12.8 Å². The van der Waals surface area contributed by atoms with Gasteiger partial charge in [0.15, 0.2) is 0 Å². The summed E-state index contributed by atoms with van der Waals surface area (Å²) in [5.41, 5.74) is 9.45. The third kappa shape index (κ3) is 4.35. The largest absolute Gasteiger partial charge is 0.379 e. The lowest BCUT2D eigenvalue weighted by Gasteiger charge is -2.32. The van der Waals surface area contributed by atoms with Gasteiger partial charge in [0.2, 0.25) is 17.8 Å². The third-order valence-electron chi connectivity index (χ3n) is 6.75.